The minimum atomic E-state index is -0.440. The highest BCUT2D eigenvalue weighted by molar-refractivity contribution is 6.16. The zero-order valence-corrected chi connectivity index (χ0v) is 20.1. The first-order chi connectivity index (χ1) is 18.0. The number of amides is 2. The van der Waals surface area contributed by atoms with Gasteiger partial charge in [-0.15, -0.1) is 0 Å². The number of anilines is 2. The first-order valence-corrected chi connectivity index (χ1v) is 11.8. The van der Waals surface area contributed by atoms with Gasteiger partial charge in [0.2, 0.25) is 12.7 Å². The first-order valence-electron chi connectivity index (χ1n) is 11.8. The predicted molar refractivity (Wildman–Crippen MR) is 140 cm³/mol. The number of para-hydroxylation sites is 1. The summed E-state index contributed by atoms with van der Waals surface area (Å²) in [6, 6.07) is 26.3. The van der Waals surface area contributed by atoms with Crippen LogP contribution < -0.4 is 20.1 Å². The molecule has 0 aromatic heterocycles. The molecule has 0 saturated heterocycles. The Labute approximate surface area is 214 Å². The van der Waals surface area contributed by atoms with E-state index in [-0.39, 0.29) is 30.5 Å². The lowest BCUT2D eigenvalue weighted by molar-refractivity contribution is -0.115. The van der Waals surface area contributed by atoms with Crippen molar-refractivity contribution >= 4 is 29.0 Å². The fraction of sp³-hybridized carbons (Fsp3) is 0.100. The monoisotopic (exact) mass is 492 g/mol. The van der Waals surface area contributed by atoms with Gasteiger partial charge in [0.1, 0.15) is 0 Å². The third-order valence-corrected chi connectivity index (χ3v) is 5.95. The quantitative estimate of drug-likeness (QED) is 0.338. The molecule has 0 saturated carbocycles. The van der Waals surface area contributed by atoms with Gasteiger partial charge < -0.3 is 20.1 Å². The lowest BCUT2D eigenvalue weighted by Gasteiger charge is -2.14. The molecular weight excluding hydrogens is 468 g/mol. The molecule has 0 fully saturated rings. The van der Waals surface area contributed by atoms with E-state index in [1.807, 2.05) is 19.1 Å². The number of rotatable bonds is 7. The molecule has 2 amide bonds. The Morgan fingerprint density at radius 3 is 2.30 bits per heavy atom. The van der Waals surface area contributed by atoms with Gasteiger partial charge in [0.05, 0.1) is 23.4 Å². The molecule has 0 bridgehead atoms. The molecule has 0 atom stereocenters. The van der Waals surface area contributed by atoms with Gasteiger partial charge in [0.15, 0.2) is 17.3 Å². The van der Waals surface area contributed by atoms with Gasteiger partial charge in [-0.3, -0.25) is 14.4 Å². The maximum atomic E-state index is 13.3. The molecule has 0 spiro atoms. The van der Waals surface area contributed by atoms with Crippen LogP contribution in [0.4, 0.5) is 11.4 Å². The van der Waals surface area contributed by atoms with Crippen LogP contribution in [0.15, 0.2) is 91.0 Å². The molecule has 2 N–H and O–H groups in total. The number of carbonyl (C=O) groups excluding carboxylic acids is 3. The Kier molecular flexibility index (Phi) is 6.68. The number of ketones is 1. The van der Waals surface area contributed by atoms with Gasteiger partial charge in [0.25, 0.3) is 5.91 Å². The molecule has 1 heterocycles. The van der Waals surface area contributed by atoms with Crippen LogP contribution in [0.3, 0.4) is 0 Å². The van der Waals surface area contributed by atoms with E-state index < -0.39 is 5.91 Å². The largest absolute Gasteiger partial charge is 0.454 e. The zero-order chi connectivity index (χ0) is 25.8. The lowest BCUT2D eigenvalue weighted by atomic mass is 9.99. The average molecular weight is 493 g/mol. The molecule has 1 aliphatic rings. The third-order valence-electron chi connectivity index (χ3n) is 5.95. The van der Waals surface area contributed by atoms with E-state index >= 15 is 0 Å². The van der Waals surface area contributed by atoms with E-state index in [9.17, 15) is 14.4 Å². The van der Waals surface area contributed by atoms with Gasteiger partial charge in [-0.2, -0.15) is 0 Å². The van der Waals surface area contributed by atoms with Crippen molar-refractivity contribution in [2.24, 2.45) is 0 Å². The molecule has 4 aromatic rings. The van der Waals surface area contributed by atoms with Crippen molar-refractivity contribution in [1.82, 2.24) is 0 Å². The van der Waals surface area contributed by atoms with Crippen molar-refractivity contribution in [1.29, 1.82) is 0 Å². The van der Waals surface area contributed by atoms with Crippen LogP contribution in [-0.4, -0.2) is 24.4 Å². The van der Waals surface area contributed by atoms with E-state index in [1.54, 1.807) is 78.9 Å². The first kappa shape index (κ1) is 23.8. The van der Waals surface area contributed by atoms with Crippen LogP contribution in [0.1, 0.15) is 37.4 Å². The molecule has 1 aliphatic heterocycles. The van der Waals surface area contributed by atoms with Crippen molar-refractivity contribution < 1.29 is 23.9 Å². The van der Waals surface area contributed by atoms with E-state index in [2.05, 4.69) is 10.6 Å². The Morgan fingerprint density at radius 2 is 1.46 bits per heavy atom. The van der Waals surface area contributed by atoms with E-state index in [1.165, 1.54) is 0 Å². The molecule has 7 nitrogen and oxygen atoms in total. The molecule has 184 valence electrons. The fourth-order valence-corrected chi connectivity index (χ4v) is 4.11. The van der Waals surface area contributed by atoms with Crippen molar-refractivity contribution in [3.63, 3.8) is 0 Å². The summed E-state index contributed by atoms with van der Waals surface area (Å²) in [6.07, 6.45) is 0.0975. The van der Waals surface area contributed by atoms with Crippen molar-refractivity contribution in [2.75, 3.05) is 17.4 Å². The Morgan fingerprint density at radius 1 is 0.730 bits per heavy atom. The summed E-state index contributed by atoms with van der Waals surface area (Å²) in [4.78, 5) is 39.3. The van der Waals surface area contributed by atoms with E-state index in [4.69, 9.17) is 9.47 Å². The van der Waals surface area contributed by atoms with Crippen LogP contribution in [0.5, 0.6) is 11.5 Å². The second-order valence-corrected chi connectivity index (χ2v) is 8.66. The summed E-state index contributed by atoms with van der Waals surface area (Å²) < 4.78 is 10.7. The minimum absolute atomic E-state index is 0.0975. The maximum Gasteiger partial charge on any atom is 0.257 e. The molecule has 0 unspecified atom stereocenters. The van der Waals surface area contributed by atoms with Crippen molar-refractivity contribution in [3.8, 4) is 11.5 Å². The van der Waals surface area contributed by atoms with Crippen LogP contribution in [0, 0.1) is 6.92 Å². The van der Waals surface area contributed by atoms with E-state index in [0.717, 1.165) is 11.1 Å². The summed E-state index contributed by atoms with van der Waals surface area (Å²) in [5.41, 5.74) is 3.62. The molecule has 0 aliphatic carbocycles. The number of hydrogen-bond acceptors (Lipinski definition) is 5. The summed E-state index contributed by atoms with van der Waals surface area (Å²) in [5, 5.41) is 5.68. The second kappa shape index (κ2) is 10.4. The number of fused-ring (bicyclic) bond motifs is 1. The topological polar surface area (TPSA) is 93.7 Å². The molecule has 5 rings (SSSR count). The second-order valence-electron chi connectivity index (χ2n) is 8.66. The number of benzene rings is 4. The van der Waals surface area contributed by atoms with Crippen LogP contribution in [-0.2, 0) is 11.2 Å². The highest BCUT2D eigenvalue weighted by Crippen LogP contribution is 2.32. The summed E-state index contributed by atoms with van der Waals surface area (Å²) in [7, 11) is 0. The zero-order valence-electron chi connectivity index (χ0n) is 20.1. The van der Waals surface area contributed by atoms with Gasteiger partial charge >= 0.3 is 0 Å². The number of hydrogen-bond donors (Lipinski definition) is 2. The van der Waals surface area contributed by atoms with E-state index in [0.29, 0.717) is 34.0 Å². The minimum Gasteiger partial charge on any atom is -0.454 e. The summed E-state index contributed by atoms with van der Waals surface area (Å²) >= 11 is 0. The Hall–Kier alpha value is -4.91. The fourth-order valence-electron chi connectivity index (χ4n) is 4.11. The maximum absolute atomic E-state index is 13.3. The molecular formula is C30H24N2O5. The molecule has 7 heteroatoms. The highest BCUT2D eigenvalue weighted by atomic mass is 16.7. The Bertz CT molecular complexity index is 1500. The predicted octanol–water partition coefficient (Wildman–Crippen LogP) is 5.39. The normalized spacial score (nSPS) is 11.6. The Balaban J connectivity index is 1.34. The molecule has 0 radical (unpaired) electrons. The standard InChI is InChI=1S/C30H24N2O5/c1-19-11-13-25(23(15-19)29(34)21-7-3-2-4-8-21)32-30(35)22-9-5-6-10-24(22)31-28(33)17-20-12-14-26-27(16-20)37-18-36-26/h2-16H,17-18H2,1H3,(H,31,33)(H,32,35). The third kappa shape index (κ3) is 5.36. The van der Waals surface area contributed by atoms with Crippen LogP contribution >= 0.6 is 0 Å². The van der Waals surface area contributed by atoms with Gasteiger partial charge in [-0.25, -0.2) is 0 Å². The number of aryl methyl sites for hydroxylation is 1. The number of nitrogens with one attached hydrogen (secondary N) is 2. The van der Waals surface area contributed by atoms with Gasteiger partial charge in [-0.1, -0.05) is 60.2 Å². The van der Waals surface area contributed by atoms with Gasteiger partial charge in [-0.05, 0) is 48.9 Å². The van der Waals surface area contributed by atoms with Gasteiger partial charge in [0, 0.05) is 11.1 Å². The highest BCUT2D eigenvalue weighted by Gasteiger charge is 2.19. The molecule has 37 heavy (non-hydrogen) atoms. The lowest BCUT2D eigenvalue weighted by Crippen LogP contribution is -2.20. The van der Waals surface area contributed by atoms with Crippen molar-refractivity contribution in [2.45, 2.75) is 13.3 Å². The summed E-state index contributed by atoms with van der Waals surface area (Å²) in [5.74, 6) is 0.334. The van der Waals surface area contributed by atoms with Crippen molar-refractivity contribution in [3.05, 3.63) is 119 Å². The number of carbonyl (C=O) groups is 3. The van der Waals surface area contributed by atoms with Crippen LogP contribution in [0.25, 0.3) is 0 Å². The number of ether oxygens (including phenoxy) is 2. The van der Waals surface area contributed by atoms with Crippen LogP contribution in [0.2, 0.25) is 0 Å². The average Bonchev–Trinajstić information content (AvgIpc) is 3.38. The SMILES string of the molecule is Cc1ccc(NC(=O)c2ccccc2NC(=O)Cc2ccc3c(c2)OCO3)c(C(=O)c2ccccc2)c1. The molecule has 4 aromatic carbocycles. The smallest absolute Gasteiger partial charge is 0.257 e. The summed E-state index contributed by atoms with van der Waals surface area (Å²) in [6.45, 7) is 2.05.